The summed E-state index contributed by atoms with van der Waals surface area (Å²) in [5, 5.41) is 0. The molecule has 0 amide bonds. The molecule has 0 N–H and O–H groups in total. The molecule has 1 aromatic heterocycles. The molecule has 0 aliphatic rings. The summed E-state index contributed by atoms with van der Waals surface area (Å²) >= 11 is 0. The Morgan fingerprint density at radius 1 is 1.50 bits per heavy atom. The van der Waals surface area contributed by atoms with Gasteiger partial charge in [0.15, 0.2) is 6.33 Å². The standard InChI is InChI=1S/C6H7N2/c1-2-6-3-7-5-8-4-6/h3-4H,2H2,1H3. The van der Waals surface area contributed by atoms with Gasteiger partial charge in [0.2, 0.25) is 0 Å². The maximum absolute atomic E-state index is 3.72. The van der Waals surface area contributed by atoms with Gasteiger partial charge in [0.05, 0.1) is 0 Å². The first-order valence-corrected chi connectivity index (χ1v) is 2.60. The highest BCUT2D eigenvalue weighted by Crippen LogP contribution is 1.90. The topological polar surface area (TPSA) is 25.8 Å². The van der Waals surface area contributed by atoms with Crippen molar-refractivity contribution < 1.29 is 0 Å². The highest BCUT2D eigenvalue weighted by atomic mass is 14.8. The molecular weight excluding hydrogens is 100 g/mol. The lowest BCUT2D eigenvalue weighted by molar-refractivity contribution is 1.04. The van der Waals surface area contributed by atoms with E-state index in [1.54, 1.807) is 12.4 Å². The third-order valence-electron chi connectivity index (χ3n) is 0.984. The molecular formula is C6H7N2. The van der Waals surface area contributed by atoms with Crippen LogP contribution in [0, 0.1) is 6.33 Å². The zero-order chi connectivity index (χ0) is 5.82. The van der Waals surface area contributed by atoms with Crippen LogP contribution in [-0.2, 0) is 6.42 Å². The van der Waals surface area contributed by atoms with Crippen LogP contribution in [0.1, 0.15) is 12.5 Å². The number of rotatable bonds is 1. The second-order valence-electron chi connectivity index (χ2n) is 1.54. The number of hydrogen-bond donors (Lipinski definition) is 0. The Morgan fingerprint density at radius 3 is 2.50 bits per heavy atom. The van der Waals surface area contributed by atoms with Crippen LogP contribution in [0.3, 0.4) is 0 Å². The van der Waals surface area contributed by atoms with Crippen LogP contribution in [0.2, 0.25) is 0 Å². The lowest BCUT2D eigenvalue weighted by atomic mass is 10.3. The molecule has 41 valence electrons. The largest absolute Gasteiger partial charge is 0.234 e. The second-order valence-corrected chi connectivity index (χ2v) is 1.54. The molecule has 0 unspecified atom stereocenters. The van der Waals surface area contributed by atoms with Crippen LogP contribution in [-0.4, -0.2) is 9.97 Å². The average molecular weight is 107 g/mol. The molecule has 0 saturated carbocycles. The summed E-state index contributed by atoms with van der Waals surface area (Å²) in [6, 6.07) is 0. The van der Waals surface area contributed by atoms with Crippen molar-refractivity contribution in [2.45, 2.75) is 13.3 Å². The minimum atomic E-state index is 0.995. The molecule has 1 heterocycles. The van der Waals surface area contributed by atoms with Gasteiger partial charge in [-0.15, -0.1) is 0 Å². The minimum absolute atomic E-state index is 0.995. The van der Waals surface area contributed by atoms with Gasteiger partial charge in [-0.1, -0.05) is 6.92 Å². The molecule has 1 aromatic rings. The first-order chi connectivity index (χ1) is 3.93. The number of aryl methyl sites for hydroxylation is 1. The molecule has 0 atom stereocenters. The summed E-state index contributed by atoms with van der Waals surface area (Å²) in [6.07, 6.45) is 7.00. The average Bonchev–Trinajstić information content (AvgIpc) is 1.90. The van der Waals surface area contributed by atoms with Crippen molar-refractivity contribution in [2.75, 3.05) is 0 Å². The predicted molar refractivity (Wildman–Crippen MR) is 30.2 cm³/mol. The minimum Gasteiger partial charge on any atom is -0.234 e. The van der Waals surface area contributed by atoms with Crippen LogP contribution >= 0.6 is 0 Å². The monoisotopic (exact) mass is 107 g/mol. The lowest BCUT2D eigenvalue weighted by Crippen LogP contribution is -1.82. The molecule has 0 aliphatic carbocycles. The zero-order valence-electron chi connectivity index (χ0n) is 4.76. The van der Waals surface area contributed by atoms with E-state index < -0.39 is 0 Å². The van der Waals surface area contributed by atoms with E-state index in [-0.39, 0.29) is 0 Å². The Morgan fingerprint density at radius 2 is 2.12 bits per heavy atom. The maximum atomic E-state index is 3.72. The molecule has 0 aliphatic heterocycles. The van der Waals surface area contributed by atoms with E-state index in [0.717, 1.165) is 12.0 Å². The summed E-state index contributed by atoms with van der Waals surface area (Å²) in [5.74, 6) is 0. The van der Waals surface area contributed by atoms with Gasteiger partial charge in [-0.25, -0.2) is 9.97 Å². The van der Waals surface area contributed by atoms with Gasteiger partial charge in [0, 0.05) is 12.4 Å². The highest BCUT2D eigenvalue weighted by Gasteiger charge is 1.82. The van der Waals surface area contributed by atoms with Gasteiger partial charge >= 0.3 is 0 Å². The van der Waals surface area contributed by atoms with Gasteiger partial charge < -0.3 is 0 Å². The quantitative estimate of drug-likeness (QED) is 0.531. The fourth-order valence-electron chi connectivity index (χ4n) is 0.473. The number of hydrogen-bond acceptors (Lipinski definition) is 2. The van der Waals surface area contributed by atoms with Gasteiger partial charge in [-0.05, 0) is 12.0 Å². The zero-order valence-corrected chi connectivity index (χ0v) is 4.76. The summed E-state index contributed by atoms with van der Waals surface area (Å²) in [5.41, 5.74) is 1.16. The predicted octanol–water partition coefficient (Wildman–Crippen LogP) is 0.839. The molecule has 0 fully saturated rings. The van der Waals surface area contributed by atoms with Gasteiger partial charge in [-0.3, -0.25) is 0 Å². The SMILES string of the molecule is CCc1cn[c]nc1. The molecule has 8 heavy (non-hydrogen) atoms. The van der Waals surface area contributed by atoms with E-state index in [2.05, 4.69) is 23.2 Å². The van der Waals surface area contributed by atoms with Crippen molar-refractivity contribution in [3.05, 3.63) is 24.3 Å². The summed E-state index contributed by atoms with van der Waals surface area (Å²) in [7, 11) is 0. The number of nitrogens with zero attached hydrogens (tertiary/aromatic N) is 2. The first kappa shape index (κ1) is 5.22. The van der Waals surface area contributed by atoms with Crippen molar-refractivity contribution in [2.24, 2.45) is 0 Å². The highest BCUT2D eigenvalue weighted by molar-refractivity contribution is 5.00. The fraction of sp³-hybridized carbons (Fsp3) is 0.333. The molecule has 1 radical (unpaired) electrons. The van der Waals surface area contributed by atoms with E-state index in [1.165, 1.54) is 0 Å². The van der Waals surface area contributed by atoms with Crippen molar-refractivity contribution in [1.82, 2.24) is 9.97 Å². The molecule has 2 heteroatoms. The molecule has 1 rings (SSSR count). The van der Waals surface area contributed by atoms with Crippen LogP contribution < -0.4 is 0 Å². The normalized spacial score (nSPS) is 9.12. The Labute approximate surface area is 48.6 Å². The lowest BCUT2D eigenvalue weighted by Gasteiger charge is -1.87. The van der Waals surface area contributed by atoms with E-state index in [1.807, 2.05) is 0 Å². The molecule has 0 bridgehead atoms. The number of aromatic nitrogens is 2. The third kappa shape index (κ3) is 1.03. The van der Waals surface area contributed by atoms with E-state index >= 15 is 0 Å². The van der Waals surface area contributed by atoms with Gasteiger partial charge in [0.1, 0.15) is 0 Å². The molecule has 0 spiro atoms. The van der Waals surface area contributed by atoms with Gasteiger partial charge in [-0.2, -0.15) is 0 Å². The Balaban J connectivity index is 2.83. The Hall–Kier alpha value is -0.920. The Kier molecular flexibility index (Phi) is 1.57. The smallest absolute Gasteiger partial charge is 0.197 e. The maximum Gasteiger partial charge on any atom is 0.197 e. The summed E-state index contributed by atoms with van der Waals surface area (Å²) in [4.78, 5) is 7.44. The van der Waals surface area contributed by atoms with E-state index in [9.17, 15) is 0 Å². The molecule has 0 aromatic carbocycles. The van der Waals surface area contributed by atoms with Crippen LogP contribution in [0.15, 0.2) is 12.4 Å². The van der Waals surface area contributed by atoms with Crippen molar-refractivity contribution in [3.8, 4) is 0 Å². The second kappa shape index (κ2) is 2.40. The van der Waals surface area contributed by atoms with Crippen LogP contribution in [0.25, 0.3) is 0 Å². The molecule has 2 nitrogen and oxygen atoms in total. The first-order valence-electron chi connectivity index (χ1n) is 2.60. The van der Waals surface area contributed by atoms with Gasteiger partial charge in [0.25, 0.3) is 0 Å². The van der Waals surface area contributed by atoms with Crippen molar-refractivity contribution in [1.29, 1.82) is 0 Å². The summed E-state index contributed by atoms with van der Waals surface area (Å²) < 4.78 is 0. The molecule has 0 saturated heterocycles. The van der Waals surface area contributed by atoms with Crippen LogP contribution in [0.4, 0.5) is 0 Å². The third-order valence-corrected chi connectivity index (χ3v) is 0.984. The Bertz CT molecular complexity index is 148. The van der Waals surface area contributed by atoms with Crippen LogP contribution in [0.5, 0.6) is 0 Å². The van der Waals surface area contributed by atoms with E-state index in [4.69, 9.17) is 0 Å². The van der Waals surface area contributed by atoms with Crippen molar-refractivity contribution in [3.63, 3.8) is 0 Å². The summed E-state index contributed by atoms with van der Waals surface area (Å²) in [6.45, 7) is 2.07. The van der Waals surface area contributed by atoms with Crippen molar-refractivity contribution >= 4 is 0 Å². The van der Waals surface area contributed by atoms with E-state index in [0.29, 0.717) is 0 Å². The fourth-order valence-corrected chi connectivity index (χ4v) is 0.473.